The van der Waals surface area contributed by atoms with Gasteiger partial charge in [0.25, 0.3) is 11.4 Å². The third kappa shape index (κ3) is 8.04. The van der Waals surface area contributed by atoms with Crippen molar-refractivity contribution in [3.05, 3.63) is 103 Å². The largest absolute Gasteiger partial charge is 0.508 e. The van der Waals surface area contributed by atoms with E-state index in [1.807, 2.05) is 0 Å². The Morgan fingerprint density at radius 2 is 1.51 bits per heavy atom. The molecule has 17 nitrogen and oxygen atoms in total. The normalized spacial score (nSPS) is 16.0. The fraction of sp³-hybridized carbons (Fsp3) is 0.250. The maximum absolute atomic E-state index is 12.5. The molecule has 3 aromatic rings. The number of nitro benzene ring substituents is 2. The first-order valence-corrected chi connectivity index (χ1v) is 11.7. The highest BCUT2D eigenvalue weighted by Crippen LogP contribution is 2.20. The molecule has 17 heteroatoms. The lowest BCUT2D eigenvalue weighted by molar-refractivity contribution is -0.385. The highest BCUT2D eigenvalue weighted by molar-refractivity contribution is 5.83. The van der Waals surface area contributed by atoms with Crippen LogP contribution in [0.2, 0.25) is 0 Å². The molecular formula is C24H21N5O12. The number of rotatable bonds is 10. The van der Waals surface area contributed by atoms with Crippen LogP contribution in [0.15, 0.2) is 65.6 Å². The molecule has 1 N–H and O–H groups in total. The Labute approximate surface area is 229 Å². The lowest BCUT2D eigenvalue weighted by atomic mass is 10.2. The number of nitro groups is 2. The quantitative estimate of drug-likeness (QED) is 0.211. The number of amides is 1. The number of carbonyl (C=O) groups is 2. The molecule has 1 aromatic heterocycles. The third-order valence-corrected chi connectivity index (χ3v) is 5.46. The fourth-order valence-corrected chi connectivity index (χ4v) is 3.42. The van der Waals surface area contributed by atoms with Gasteiger partial charge in [0.15, 0.2) is 12.5 Å². The zero-order valence-corrected chi connectivity index (χ0v) is 20.9. The average molecular weight is 571 g/mol. The van der Waals surface area contributed by atoms with Crippen molar-refractivity contribution in [3.63, 3.8) is 0 Å². The number of ether oxygens (including phenoxy) is 5. The average Bonchev–Trinajstić information content (AvgIpc) is 3.43. The van der Waals surface area contributed by atoms with E-state index in [0.29, 0.717) is 11.1 Å². The topological polar surface area (TPSA) is 213 Å². The van der Waals surface area contributed by atoms with Crippen LogP contribution in [0.5, 0.6) is 0 Å². The second-order valence-electron chi connectivity index (χ2n) is 8.25. The van der Waals surface area contributed by atoms with Gasteiger partial charge in [-0.3, -0.25) is 30.1 Å². The summed E-state index contributed by atoms with van der Waals surface area (Å²) in [5, 5.41) is 23.7. The minimum atomic E-state index is -1.02. The van der Waals surface area contributed by atoms with Crippen LogP contribution in [-0.4, -0.2) is 51.2 Å². The van der Waals surface area contributed by atoms with Crippen LogP contribution in [0.3, 0.4) is 0 Å². The van der Waals surface area contributed by atoms with Crippen LogP contribution >= 0.6 is 0 Å². The zero-order valence-electron chi connectivity index (χ0n) is 20.9. The van der Waals surface area contributed by atoms with Gasteiger partial charge in [0.05, 0.1) is 16.5 Å². The summed E-state index contributed by atoms with van der Waals surface area (Å²) < 4.78 is 27.0. The van der Waals surface area contributed by atoms with E-state index in [2.05, 4.69) is 10.3 Å². The number of hydrogen-bond acceptors (Lipinski definition) is 13. The molecule has 1 amide bonds. The van der Waals surface area contributed by atoms with Crippen molar-refractivity contribution in [1.82, 2.24) is 9.55 Å². The molecule has 41 heavy (non-hydrogen) atoms. The van der Waals surface area contributed by atoms with E-state index in [1.165, 1.54) is 60.8 Å². The molecule has 1 fully saturated rings. The summed E-state index contributed by atoms with van der Waals surface area (Å²) in [6, 6.07) is 12.2. The number of nitrogens with zero attached hydrogens (tertiary/aromatic N) is 4. The second-order valence-corrected chi connectivity index (χ2v) is 8.25. The Kier molecular flexibility index (Phi) is 9.13. The van der Waals surface area contributed by atoms with Crippen molar-refractivity contribution >= 4 is 29.4 Å². The van der Waals surface area contributed by atoms with Crippen LogP contribution in [0.25, 0.3) is 0 Å². The number of hydrogen-bond donors (Lipinski definition) is 1. The maximum Gasteiger partial charge on any atom is 0.508 e. The first kappa shape index (κ1) is 28.6. The van der Waals surface area contributed by atoms with Gasteiger partial charge in [0.1, 0.15) is 25.6 Å². The molecule has 0 saturated carbocycles. The summed E-state index contributed by atoms with van der Waals surface area (Å²) in [6.45, 7) is -0.727. The summed E-state index contributed by atoms with van der Waals surface area (Å²) in [5.41, 5.74) is 0.0713. The molecule has 1 aliphatic heterocycles. The molecular weight excluding hydrogens is 550 g/mol. The molecule has 0 unspecified atom stereocenters. The smallest absolute Gasteiger partial charge is 0.444 e. The number of carbonyl (C=O) groups excluding carboxylic acids is 2. The Hall–Kier alpha value is -5.42. The molecule has 1 aliphatic rings. The molecule has 4 rings (SSSR count). The van der Waals surface area contributed by atoms with Crippen molar-refractivity contribution in [2.75, 3.05) is 18.5 Å². The SMILES string of the molecule is O=C(Nc1ccn([C@@H]2CO[C@H](COC(=O)OCc3ccc([N+](=O)[O-])cc3)O2)c(=O)n1)OCc1ccc([N+](=O)[O-])cc1. The van der Waals surface area contributed by atoms with E-state index in [9.17, 15) is 34.6 Å². The van der Waals surface area contributed by atoms with Gasteiger partial charge in [0.2, 0.25) is 0 Å². The molecule has 2 atom stereocenters. The van der Waals surface area contributed by atoms with Gasteiger partial charge < -0.3 is 23.7 Å². The molecule has 0 bridgehead atoms. The molecule has 0 aliphatic carbocycles. The van der Waals surface area contributed by atoms with Gasteiger partial charge in [-0.2, -0.15) is 4.98 Å². The monoisotopic (exact) mass is 571 g/mol. The van der Waals surface area contributed by atoms with Crippen molar-refractivity contribution in [1.29, 1.82) is 0 Å². The third-order valence-electron chi connectivity index (χ3n) is 5.46. The lowest BCUT2D eigenvalue weighted by Crippen LogP contribution is -2.29. The number of anilines is 1. The Morgan fingerprint density at radius 1 is 0.927 bits per heavy atom. The van der Waals surface area contributed by atoms with Gasteiger partial charge in [-0.15, -0.1) is 0 Å². The van der Waals surface area contributed by atoms with Crippen molar-refractivity contribution in [3.8, 4) is 0 Å². The van der Waals surface area contributed by atoms with Crippen molar-refractivity contribution in [2.45, 2.75) is 25.7 Å². The standard InChI is InChI=1S/C24H21N5O12/c30-22-25-19(26-23(31)38-11-15-1-5-17(6-2-15)28(33)34)9-10-27(22)20-13-37-21(41-20)14-40-24(32)39-12-16-3-7-18(8-4-16)29(35)36/h1-10,20-21H,11-14H2,(H,25,26,30,31)/t20-,21-/m0/s1. The minimum absolute atomic E-state index is 0.0580. The van der Waals surface area contributed by atoms with E-state index in [4.69, 9.17) is 23.7 Å². The minimum Gasteiger partial charge on any atom is -0.444 e. The van der Waals surface area contributed by atoms with E-state index >= 15 is 0 Å². The predicted octanol–water partition coefficient (Wildman–Crippen LogP) is 3.03. The lowest BCUT2D eigenvalue weighted by Gasteiger charge is -2.14. The molecule has 1 saturated heterocycles. The van der Waals surface area contributed by atoms with Crippen LogP contribution in [0, 0.1) is 20.2 Å². The number of benzene rings is 2. The highest BCUT2D eigenvalue weighted by atomic mass is 16.8. The van der Waals surface area contributed by atoms with Crippen LogP contribution in [0.4, 0.5) is 26.8 Å². The summed E-state index contributed by atoms with van der Waals surface area (Å²) in [4.78, 5) is 60.4. The van der Waals surface area contributed by atoms with Gasteiger partial charge in [-0.25, -0.2) is 14.4 Å². The predicted molar refractivity (Wildman–Crippen MR) is 134 cm³/mol. The first-order valence-electron chi connectivity index (χ1n) is 11.7. The highest BCUT2D eigenvalue weighted by Gasteiger charge is 2.29. The summed E-state index contributed by atoms with van der Waals surface area (Å²) in [6.07, 6.45) is -2.48. The summed E-state index contributed by atoms with van der Waals surface area (Å²) >= 11 is 0. The Bertz CT molecular complexity index is 1480. The van der Waals surface area contributed by atoms with E-state index in [1.54, 1.807) is 0 Å². The van der Waals surface area contributed by atoms with E-state index < -0.39 is 40.3 Å². The molecule has 2 aromatic carbocycles. The fourth-order valence-electron chi connectivity index (χ4n) is 3.42. The number of non-ortho nitro benzene ring substituents is 2. The zero-order chi connectivity index (χ0) is 29.4. The van der Waals surface area contributed by atoms with Crippen LogP contribution < -0.4 is 11.0 Å². The maximum atomic E-state index is 12.5. The summed E-state index contributed by atoms with van der Waals surface area (Å²) in [5.74, 6) is -0.0884. The van der Waals surface area contributed by atoms with Gasteiger partial charge in [-0.05, 0) is 41.5 Å². The van der Waals surface area contributed by atoms with E-state index in [-0.39, 0.29) is 43.6 Å². The second kappa shape index (κ2) is 13.1. The van der Waals surface area contributed by atoms with Crippen molar-refractivity contribution in [2.24, 2.45) is 0 Å². The van der Waals surface area contributed by atoms with Crippen molar-refractivity contribution < 1.29 is 43.1 Å². The number of nitrogens with one attached hydrogen (secondary N) is 1. The Balaban J connectivity index is 1.19. The van der Waals surface area contributed by atoms with Crippen LogP contribution in [-0.2, 0) is 36.9 Å². The number of aromatic nitrogens is 2. The summed E-state index contributed by atoms with van der Waals surface area (Å²) in [7, 11) is 0. The van der Waals surface area contributed by atoms with E-state index in [0.717, 1.165) is 4.57 Å². The van der Waals surface area contributed by atoms with Crippen LogP contribution in [0.1, 0.15) is 17.4 Å². The molecule has 2 heterocycles. The van der Waals surface area contributed by atoms with Gasteiger partial charge >= 0.3 is 17.9 Å². The Morgan fingerprint density at radius 3 is 2.07 bits per heavy atom. The van der Waals surface area contributed by atoms with Gasteiger partial charge in [0, 0.05) is 30.5 Å². The van der Waals surface area contributed by atoms with Gasteiger partial charge in [-0.1, -0.05) is 0 Å². The molecule has 0 spiro atoms. The molecule has 214 valence electrons. The first-order chi connectivity index (χ1) is 19.7. The molecule has 0 radical (unpaired) electrons.